The van der Waals surface area contributed by atoms with E-state index >= 15 is 0 Å². The van der Waals surface area contributed by atoms with Crippen LogP contribution < -0.4 is 10.6 Å². The number of fused-ring (bicyclic) bond motifs is 1. The van der Waals surface area contributed by atoms with Gasteiger partial charge in [-0.3, -0.25) is 0 Å². The molecule has 0 radical (unpaired) electrons. The molecule has 17 heavy (non-hydrogen) atoms. The van der Waals surface area contributed by atoms with Crippen LogP contribution in [0.5, 0.6) is 0 Å². The molecule has 1 aromatic heterocycles. The Morgan fingerprint density at radius 2 is 1.59 bits per heavy atom. The van der Waals surface area contributed by atoms with Gasteiger partial charge in [0.2, 0.25) is 0 Å². The fourth-order valence-corrected chi connectivity index (χ4v) is 5.36. The van der Waals surface area contributed by atoms with Gasteiger partial charge in [-0.1, -0.05) is 67.4 Å². The quantitative estimate of drug-likeness (QED) is 0.597. The van der Waals surface area contributed by atoms with E-state index < -0.39 is 0 Å². The third kappa shape index (κ3) is 2.56. The van der Waals surface area contributed by atoms with E-state index in [2.05, 4.69) is 60.1 Å². The second-order valence-electron chi connectivity index (χ2n) is 3.72. The molecule has 3 rings (SSSR count). The Balaban J connectivity index is 2.06. The van der Waals surface area contributed by atoms with Gasteiger partial charge in [0, 0.05) is 10.2 Å². The second-order valence-corrected chi connectivity index (χ2v) is 7.13. The lowest BCUT2D eigenvalue weighted by Crippen LogP contribution is -2.02. The molecular formula is C14H11P3. The van der Waals surface area contributed by atoms with Crippen LogP contribution >= 0.6 is 25.0 Å². The van der Waals surface area contributed by atoms with E-state index in [0.717, 1.165) is 8.58 Å². The van der Waals surface area contributed by atoms with Gasteiger partial charge < -0.3 is 0 Å². The Hall–Kier alpha value is -0.790. The molecule has 3 aromatic rings. The van der Waals surface area contributed by atoms with Crippen LogP contribution in [-0.4, -0.2) is 0 Å². The van der Waals surface area contributed by atoms with Crippen molar-refractivity contribution >= 4 is 45.8 Å². The maximum Gasteiger partial charge on any atom is 0.0214 e. The summed E-state index contributed by atoms with van der Waals surface area (Å²) >= 11 is 0. The Morgan fingerprint density at radius 3 is 2.47 bits per heavy atom. The van der Waals surface area contributed by atoms with Gasteiger partial charge in [-0.25, -0.2) is 0 Å². The molecule has 3 heteroatoms. The minimum atomic E-state index is 0.770. The van der Waals surface area contributed by atoms with Crippen molar-refractivity contribution in [1.82, 2.24) is 0 Å². The van der Waals surface area contributed by atoms with Gasteiger partial charge in [-0.2, -0.15) is 0 Å². The third-order valence-electron chi connectivity index (χ3n) is 2.55. The van der Waals surface area contributed by atoms with Gasteiger partial charge in [-0.05, 0) is 28.3 Å². The van der Waals surface area contributed by atoms with E-state index in [-0.39, 0.29) is 0 Å². The molecule has 0 aliphatic heterocycles. The molecule has 2 aromatic carbocycles. The number of hydrogen-bond donors (Lipinski definition) is 0. The fourth-order valence-electron chi connectivity index (χ4n) is 1.77. The van der Waals surface area contributed by atoms with E-state index in [0.29, 0.717) is 0 Å². The highest BCUT2D eigenvalue weighted by Gasteiger charge is 2.01. The zero-order chi connectivity index (χ0) is 11.5. The van der Waals surface area contributed by atoms with Crippen molar-refractivity contribution in [2.45, 2.75) is 0 Å². The van der Waals surface area contributed by atoms with Crippen molar-refractivity contribution in [2.75, 3.05) is 0 Å². The molecule has 0 amide bonds. The first-order valence-corrected chi connectivity index (χ1v) is 8.38. The molecule has 0 nitrogen and oxygen atoms in total. The maximum atomic E-state index is 2.27. The average molecular weight is 272 g/mol. The summed E-state index contributed by atoms with van der Waals surface area (Å²) in [5.41, 5.74) is 0. The highest BCUT2D eigenvalue weighted by atomic mass is 31.1. The number of rotatable bonds is 2. The summed E-state index contributed by atoms with van der Waals surface area (Å²) < 4.78 is 0. The Labute approximate surface area is 106 Å². The lowest BCUT2D eigenvalue weighted by atomic mass is 10.4. The van der Waals surface area contributed by atoms with Crippen LogP contribution in [0.4, 0.5) is 0 Å². The topological polar surface area (TPSA) is 0 Å². The van der Waals surface area contributed by atoms with Gasteiger partial charge in [-0.15, -0.1) is 0 Å². The van der Waals surface area contributed by atoms with Gasteiger partial charge in [0.25, 0.3) is 0 Å². The van der Waals surface area contributed by atoms with Gasteiger partial charge in [0.15, 0.2) is 0 Å². The van der Waals surface area contributed by atoms with Crippen LogP contribution in [0.2, 0.25) is 0 Å². The summed E-state index contributed by atoms with van der Waals surface area (Å²) in [6, 6.07) is 17.4. The number of hydrogen-bond acceptors (Lipinski definition) is 0. The summed E-state index contributed by atoms with van der Waals surface area (Å²) in [4.78, 5) is 0. The first kappa shape index (κ1) is 11.3. The molecule has 0 aliphatic carbocycles. The minimum Gasteiger partial charge on any atom is -0.0671 e. The summed E-state index contributed by atoms with van der Waals surface area (Å²) in [6.45, 7) is 0. The summed E-state index contributed by atoms with van der Waals surface area (Å²) in [6.07, 6.45) is 0. The monoisotopic (exact) mass is 272 g/mol. The summed E-state index contributed by atoms with van der Waals surface area (Å²) in [5, 5.41) is 5.89. The van der Waals surface area contributed by atoms with Crippen LogP contribution in [0.25, 0.3) is 10.2 Å². The minimum absolute atomic E-state index is 0.770. The van der Waals surface area contributed by atoms with Crippen LogP contribution in [0.3, 0.4) is 0 Å². The standard InChI is InChI=1S/C14H11P3/c1-2-5-11(6-3-1)17-13-8-4-7-12-14(13)16-10-9-15-12/h1-10,17H. The second kappa shape index (κ2) is 5.24. The van der Waals surface area contributed by atoms with E-state index in [1.165, 1.54) is 37.2 Å². The molecule has 0 saturated carbocycles. The van der Waals surface area contributed by atoms with E-state index in [9.17, 15) is 0 Å². The average Bonchev–Trinajstić information content (AvgIpc) is 2.40. The van der Waals surface area contributed by atoms with E-state index in [1.807, 2.05) is 0 Å². The predicted octanol–water partition coefficient (Wildman–Crippen LogP) is 4.63. The van der Waals surface area contributed by atoms with Crippen LogP contribution in [-0.2, 0) is 0 Å². The maximum absolute atomic E-state index is 2.27. The lowest BCUT2D eigenvalue weighted by Gasteiger charge is -2.05. The fraction of sp³-hybridized carbons (Fsp3) is 0. The normalized spacial score (nSPS) is 12.2. The van der Waals surface area contributed by atoms with Crippen molar-refractivity contribution < 1.29 is 0 Å². The first-order valence-electron chi connectivity index (χ1n) is 5.45. The zero-order valence-corrected chi connectivity index (χ0v) is 12.0. The van der Waals surface area contributed by atoms with Crippen LogP contribution in [0, 0.1) is 0 Å². The molecule has 1 unspecified atom stereocenters. The van der Waals surface area contributed by atoms with Crippen molar-refractivity contribution in [3.63, 3.8) is 0 Å². The van der Waals surface area contributed by atoms with Crippen molar-refractivity contribution in [2.24, 2.45) is 0 Å². The Kier molecular flexibility index (Phi) is 3.49. The molecule has 0 fully saturated rings. The summed E-state index contributed by atoms with van der Waals surface area (Å²) in [5.74, 6) is 4.49. The molecule has 1 heterocycles. The van der Waals surface area contributed by atoms with Gasteiger partial charge in [0.05, 0.1) is 0 Å². The molecule has 1 atom stereocenters. The van der Waals surface area contributed by atoms with Crippen molar-refractivity contribution in [1.29, 1.82) is 0 Å². The largest absolute Gasteiger partial charge is 0.0671 e. The SMILES string of the molecule is c1ccc(Pc2cccc3pccpc23)cc1. The van der Waals surface area contributed by atoms with Crippen LogP contribution in [0.15, 0.2) is 60.1 Å². The lowest BCUT2D eigenvalue weighted by molar-refractivity contribution is 1.78. The molecule has 0 saturated heterocycles. The molecule has 0 bridgehead atoms. The Morgan fingerprint density at radius 1 is 0.765 bits per heavy atom. The smallest absolute Gasteiger partial charge is 0.0214 e. The van der Waals surface area contributed by atoms with E-state index in [1.54, 1.807) is 0 Å². The van der Waals surface area contributed by atoms with Crippen molar-refractivity contribution in [3.05, 3.63) is 60.1 Å². The number of benzene rings is 2. The van der Waals surface area contributed by atoms with Gasteiger partial charge in [0.1, 0.15) is 0 Å². The third-order valence-corrected chi connectivity index (χ3v) is 6.47. The van der Waals surface area contributed by atoms with Gasteiger partial charge >= 0.3 is 0 Å². The molecule has 82 valence electrons. The molecular weight excluding hydrogens is 261 g/mol. The molecule has 0 aliphatic rings. The first-order chi connectivity index (χ1) is 8.43. The molecule has 0 spiro atoms. The zero-order valence-electron chi connectivity index (χ0n) is 9.17. The molecule has 0 N–H and O–H groups in total. The summed E-state index contributed by atoms with van der Waals surface area (Å²) in [7, 11) is 3.46. The Bertz CT molecular complexity index is 630. The van der Waals surface area contributed by atoms with Crippen LogP contribution in [0.1, 0.15) is 0 Å². The highest BCUT2D eigenvalue weighted by molar-refractivity contribution is 7.58. The van der Waals surface area contributed by atoms with E-state index in [4.69, 9.17) is 0 Å². The highest BCUT2D eigenvalue weighted by Crippen LogP contribution is 2.30. The van der Waals surface area contributed by atoms with Crippen molar-refractivity contribution in [3.8, 4) is 0 Å². The predicted molar refractivity (Wildman–Crippen MR) is 83.0 cm³/mol.